The van der Waals surface area contributed by atoms with E-state index in [4.69, 9.17) is 4.98 Å². The van der Waals surface area contributed by atoms with Crippen molar-refractivity contribution in [3.05, 3.63) is 46.9 Å². The Kier molecular flexibility index (Phi) is 3.83. The van der Waals surface area contributed by atoms with Crippen molar-refractivity contribution in [2.24, 2.45) is 0 Å². The van der Waals surface area contributed by atoms with E-state index >= 15 is 0 Å². The van der Waals surface area contributed by atoms with Gasteiger partial charge in [0.25, 0.3) is 0 Å². The predicted molar refractivity (Wildman–Crippen MR) is 100 cm³/mol. The average molecular weight is 378 g/mol. The minimum atomic E-state index is -0.788. The van der Waals surface area contributed by atoms with E-state index in [9.17, 15) is 9.65 Å². The van der Waals surface area contributed by atoms with Crippen LogP contribution in [0.3, 0.4) is 0 Å². The van der Waals surface area contributed by atoms with Crippen LogP contribution in [0.25, 0.3) is 21.9 Å². The molecule has 1 aromatic carbocycles. The summed E-state index contributed by atoms with van der Waals surface area (Å²) < 4.78 is 20.1. The summed E-state index contributed by atoms with van der Waals surface area (Å²) in [4.78, 5) is 9.29. The first-order valence-corrected chi connectivity index (χ1v) is 9.66. The molecule has 1 fully saturated rings. The van der Waals surface area contributed by atoms with Crippen LogP contribution in [0.15, 0.2) is 29.8 Å². The minimum absolute atomic E-state index is 0.0444. The molecule has 2 atom stereocenters. The van der Waals surface area contributed by atoms with E-state index in [1.165, 1.54) is 11.5 Å². The van der Waals surface area contributed by atoms with E-state index in [0.29, 0.717) is 24.8 Å². The monoisotopic (exact) mass is 378 g/mol. The molecule has 6 nitrogen and oxygen atoms in total. The van der Waals surface area contributed by atoms with Crippen LogP contribution >= 0.6 is 11.5 Å². The molecule has 0 aliphatic heterocycles. The van der Waals surface area contributed by atoms with Crippen molar-refractivity contribution in [3.63, 3.8) is 0 Å². The summed E-state index contributed by atoms with van der Waals surface area (Å²) in [6.07, 6.45) is 3.33. The normalized spacial score (nSPS) is 19.7. The molecule has 0 amide bonds. The molecule has 1 aliphatic carbocycles. The van der Waals surface area contributed by atoms with Crippen LogP contribution < -0.4 is 0 Å². The molecule has 0 saturated heterocycles. The van der Waals surface area contributed by atoms with Gasteiger partial charge in [0.1, 0.15) is 17.5 Å². The summed E-state index contributed by atoms with van der Waals surface area (Å²) in [5.74, 6) is 0.841. The Morgan fingerprint density at radius 1 is 1.30 bits per heavy atom. The number of pyridine rings is 1. The zero-order valence-corrected chi connectivity index (χ0v) is 15.2. The zero-order chi connectivity index (χ0) is 18.4. The van der Waals surface area contributed by atoms with Crippen LogP contribution in [0, 0.1) is 11.3 Å². The Balaban J connectivity index is 1.78. The van der Waals surface area contributed by atoms with Gasteiger partial charge in [0.15, 0.2) is 0 Å². The molecule has 3 aromatic heterocycles. The van der Waals surface area contributed by atoms with Crippen LogP contribution in [-0.2, 0) is 6.42 Å². The van der Waals surface area contributed by atoms with Gasteiger partial charge in [0.2, 0.25) is 0 Å². The number of aromatic nitrogens is 5. The lowest BCUT2D eigenvalue weighted by atomic mass is 10.1. The van der Waals surface area contributed by atoms with Crippen molar-refractivity contribution in [2.45, 2.75) is 37.9 Å². The van der Waals surface area contributed by atoms with Crippen molar-refractivity contribution in [1.82, 2.24) is 24.1 Å². The molecule has 0 unspecified atom stereocenters. The molecule has 4 aromatic rings. The van der Waals surface area contributed by atoms with Gasteiger partial charge in [-0.1, -0.05) is 4.49 Å². The maximum Gasteiger partial charge on any atom is 0.116 e. The Morgan fingerprint density at radius 2 is 2.22 bits per heavy atom. The highest BCUT2D eigenvalue weighted by molar-refractivity contribution is 7.03. The number of fused-ring (bicyclic) bond motifs is 3. The summed E-state index contributed by atoms with van der Waals surface area (Å²) in [6, 6.07) is 7.69. The summed E-state index contributed by atoms with van der Waals surface area (Å²) >= 11 is 1.31. The number of rotatable bonds is 3. The van der Waals surface area contributed by atoms with Crippen molar-refractivity contribution in [2.75, 3.05) is 0 Å². The van der Waals surface area contributed by atoms with Crippen LogP contribution in [0.4, 0.5) is 4.39 Å². The van der Waals surface area contributed by atoms with Crippen molar-refractivity contribution in [3.8, 4) is 6.07 Å². The maximum absolute atomic E-state index is 14.0. The lowest BCUT2D eigenvalue weighted by molar-refractivity contribution is 0.330. The third kappa shape index (κ3) is 2.75. The molecule has 0 N–H and O–H groups in total. The smallest absolute Gasteiger partial charge is 0.116 e. The topological polar surface area (TPSA) is 80.3 Å². The Hall–Kier alpha value is -2.92. The van der Waals surface area contributed by atoms with Gasteiger partial charge in [-0.05, 0) is 49.0 Å². The van der Waals surface area contributed by atoms with Crippen LogP contribution in [0.5, 0.6) is 0 Å². The number of hydrogen-bond acceptors (Lipinski definition) is 6. The second-order valence-electron chi connectivity index (χ2n) is 6.87. The first-order chi connectivity index (χ1) is 13.2. The molecule has 27 heavy (non-hydrogen) atoms. The standard InChI is InChI=1S/C19H15FN6S/c20-12-2-3-14(6-12)26-18(7-13-10-27-25-24-13)23-17-9-22-16-4-1-11(8-21)5-15(16)19(17)26/h1,4-5,9-10,12,14H,2-3,6-7H2/t12-,14+/m0/s1. The predicted octanol–water partition coefficient (Wildman–Crippen LogP) is 3.96. The van der Waals surface area contributed by atoms with Gasteiger partial charge < -0.3 is 4.57 Å². The molecular formula is C19H15FN6S. The lowest BCUT2D eigenvalue weighted by Crippen LogP contribution is -2.11. The largest absolute Gasteiger partial charge is 0.324 e. The van der Waals surface area contributed by atoms with E-state index in [-0.39, 0.29) is 6.04 Å². The Morgan fingerprint density at radius 3 is 2.96 bits per heavy atom. The molecule has 0 spiro atoms. The third-order valence-electron chi connectivity index (χ3n) is 5.17. The molecular weight excluding hydrogens is 363 g/mol. The lowest BCUT2D eigenvalue weighted by Gasteiger charge is -2.17. The van der Waals surface area contributed by atoms with E-state index in [1.807, 2.05) is 17.5 Å². The summed E-state index contributed by atoms with van der Waals surface area (Å²) in [6.45, 7) is 0. The number of hydrogen-bond donors (Lipinski definition) is 0. The number of alkyl halides is 1. The van der Waals surface area contributed by atoms with Gasteiger partial charge >= 0.3 is 0 Å². The highest BCUT2D eigenvalue weighted by Gasteiger charge is 2.29. The van der Waals surface area contributed by atoms with Gasteiger partial charge in [-0.2, -0.15) is 5.26 Å². The Bertz CT molecular complexity index is 1180. The zero-order valence-electron chi connectivity index (χ0n) is 14.3. The van der Waals surface area contributed by atoms with Crippen LogP contribution in [0.1, 0.15) is 42.4 Å². The fourth-order valence-corrected chi connectivity index (χ4v) is 4.43. The maximum atomic E-state index is 14.0. The first-order valence-electron chi connectivity index (χ1n) is 8.82. The molecule has 8 heteroatoms. The van der Waals surface area contributed by atoms with Crippen LogP contribution in [0.2, 0.25) is 0 Å². The van der Waals surface area contributed by atoms with Crippen LogP contribution in [-0.4, -0.2) is 30.3 Å². The fourth-order valence-electron chi connectivity index (χ4n) is 3.97. The summed E-state index contributed by atoms with van der Waals surface area (Å²) in [5.41, 5.74) is 3.91. The molecule has 5 rings (SSSR count). The van der Waals surface area contributed by atoms with Crippen molar-refractivity contribution in [1.29, 1.82) is 5.26 Å². The summed E-state index contributed by atoms with van der Waals surface area (Å²) in [7, 11) is 0. The number of benzene rings is 1. The van der Waals surface area contributed by atoms with Crippen molar-refractivity contribution < 1.29 is 4.39 Å². The summed E-state index contributed by atoms with van der Waals surface area (Å²) in [5, 5.41) is 16.2. The molecule has 0 radical (unpaired) electrons. The molecule has 1 aliphatic rings. The highest BCUT2D eigenvalue weighted by Crippen LogP contribution is 2.37. The second-order valence-corrected chi connectivity index (χ2v) is 7.48. The Labute approximate surface area is 158 Å². The van der Waals surface area contributed by atoms with Gasteiger partial charge in [-0.25, -0.2) is 9.37 Å². The van der Waals surface area contributed by atoms with E-state index < -0.39 is 6.17 Å². The van der Waals surface area contributed by atoms with E-state index in [2.05, 4.69) is 25.2 Å². The third-order valence-corrected chi connectivity index (χ3v) is 5.72. The fraction of sp³-hybridized carbons (Fsp3) is 0.316. The first kappa shape index (κ1) is 16.3. The van der Waals surface area contributed by atoms with Gasteiger partial charge in [-0.3, -0.25) is 4.98 Å². The molecule has 134 valence electrons. The van der Waals surface area contributed by atoms with E-state index in [1.54, 1.807) is 12.3 Å². The van der Waals surface area contributed by atoms with Gasteiger partial charge in [0.05, 0.1) is 41.0 Å². The number of halogens is 1. The van der Waals surface area contributed by atoms with Gasteiger partial charge in [0, 0.05) is 16.8 Å². The highest BCUT2D eigenvalue weighted by atomic mass is 32.1. The number of imidazole rings is 1. The van der Waals surface area contributed by atoms with E-state index in [0.717, 1.165) is 39.9 Å². The molecule has 0 bridgehead atoms. The minimum Gasteiger partial charge on any atom is -0.324 e. The van der Waals surface area contributed by atoms with Crippen molar-refractivity contribution >= 4 is 33.5 Å². The quantitative estimate of drug-likeness (QED) is 0.539. The van der Waals surface area contributed by atoms with Gasteiger partial charge in [-0.15, -0.1) is 5.10 Å². The second kappa shape index (κ2) is 6.35. The number of nitrogens with zero attached hydrogens (tertiary/aromatic N) is 6. The molecule has 3 heterocycles. The number of nitriles is 1. The average Bonchev–Trinajstić information content (AvgIpc) is 3.41. The molecule has 1 saturated carbocycles. The SMILES string of the molecule is N#Cc1ccc2ncc3nc(Cc4csnn4)n([C@@H]4CC[C@H](F)C4)c3c2c1.